The molecule has 0 heteroatoms. The third kappa shape index (κ3) is 8.57. The molecule has 12 aromatic rings. The Morgan fingerprint density at radius 3 is 0.194 bits per heavy atom. The Kier molecular flexibility index (Phi) is 11.0. The zero-order valence-corrected chi connectivity index (χ0v) is 39.7. The standard InChI is InChI=1S/C72H48/c1-13-49-37-50(14-1)52-16-3-18-54(39-52)56-20-5-22-58(41-56)60-24-7-26-62(43-60)64-28-9-30-66(45-64)68-32-11-34-70(47-68)72-36-12-35-71(48-72)69-33-10-31-67(46-69)65-29-8-27-63(44-65)61-25-6-23-59(42-61)57-21-4-19-55(40-57)53-17-2-15-51(49)38-53/h1-48H. The highest BCUT2D eigenvalue weighted by Gasteiger charge is 2.12. The van der Waals surface area contributed by atoms with Crippen LogP contribution in [0.5, 0.6) is 0 Å². The number of fused-ring (bicyclic) bond motifs is 36. The number of benzene rings is 12. The van der Waals surface area contributed by atoms with Crippen molar-refractivity contribution in [2.75, 3.05) is 0 Å². The molecule has 0 unspecified atom stereocenters. The maximum atomic E-state index is 2.33. The molecule has 24 bridgehead atoms. The molecule has 0 fully saturated rings. The molecular weight excluding hydrogens is 865 g/mol. The van der Waals surface area contributed by atoms with Gasteiger partial charge in [0.1, 0.15) is 0 Å². The predicted octanol–water partition coefficient (Wildman–Crippen LogP) is 20.0. The lowest BCUT2D eigenvalue weighted by molar-refractivity contribution is 1.54. The van der Waals surface area contributed by atoms with Gasteiger partial charge < -0.3 is 0 Å². The number of hydrogen-bond donors (Lipinski definition) is 0. The van der Waals surface area contributed by atoms with Gasteiger partial charge in [-0.05, 0) is 206 Å². The van der Waals surface area contributed by atoms with Crippen LogP contribution in [-0.4, -0.2) is 0 Å². The summed E-state index contributed by atoms with van der Waals surface area (Å²) in [5, 5.41) is 0. The monoisotopic (exact) mass is 912 g/mol. The maximum Gasteiger partial charge on any atom is -0.0178 e. The van der Waals surface area contributed by atoms with Gasteiger partial charge in [0.05, 0.1) is 0 Å². The molecule has 0 aromatic heterocycles. The Bertz CT molecular complexity index is 2850. The minimum Gasteiger partial charge on any atom is -0.0610 e. The van der Waals surface area contributed by atoms with Crippen molar-refractivity contribution in [2.24, 2.45) is 0 Å². The first-order valence-corrected chi connectivity index (χ1v) is 24.9. The summed E-state index contributed by atoms with van der Waals surface area (Å²) < 4.78 is 0. The van der Waals surface area contributed by atoms with E-state index >= 15 is 0 Å². The van der Waals surface area contributed by atoms with Gasteiger partial charge in [-0.3, -0.25) is 0 Å². The number of rotatable bonds is 0. The van der Waals surface area contributed by atoms with Gasteiger partial charge in [-0.15, -0.1) is 0 Å². The van der Waals surface area contributed by atoms with E-state index in [4.69, 9.17) is 0 Å². The second-order valence-corrected chi connectivity index (χ2v) is 19.0. The van der Waals surface area contributed by atoms with Crippen LogP contribution in [0.25, 0.3) is 134 Å². The van der Waals surface area contributed by atoms with Gasteiger partial charge in [0, 0.05) is 0 Å². The quantitative estimate of drug-likeness (QED) is 0.142. The Labute approximate surface area is 422 Å². The maximum absolute atomic E-state index is 2.33. The zero-order valence-electron chi connectivity index (χ0n) is 39.7. The molecule has 13 rings (SSSR count). The average Bonchev–Trinajstić information content (AvgIpc) is 3.47. The number of hydrogen-bond acceptors (Lipinski definition) is 0. The molecule has 72 heavy (non-hydrogen) atoms. The Balaban J connectivity index is 0.922. The molecule has 0 N–H and O–H groups in total. The van der Waals surface area contributed by atoms with E-state index < -0.39 is 0 Å². The van der Waals surface area contributed by atoms with Crippen LogP contribution in [0.2, 0.25) is 0 Å². The second-order valence-electron chi connectivity index (χ2n) is 19.0. The molecule has 0 spiro atoms. The molecule has 0 saturated heterocycles. The summed E-state index contributed by atoms with van der Waals surface area (Å²) in [4.78, 5) is 0. The molecule has 0 amide bonds. The van der Waals surface area contributed by atoms with Crippen LogP contribution in [0.3, 0.4) is 0 Å². The van der Waals surface area contributed by atoms with E-state index in [-0.39, 0.29) is 0 Å². The zero-order chi connectivity index (χ0) is 47.8. The van der Waals surface area contributed by atoms with E-state index in [0.717, 1.165) is 0 Å². The lowest BCUT2D eigenvalue weighted by atomic mass is 9.92. The van der Waals surface area contributed by atoms with Crippen molar-refractivity contribution in [1.29, 1.82) is 0 Å². The van der Waals surface area contributed by atoms with Crippen molar-refractivity contribution in [1.82, 2.24) is 0 Å². The van der Waals surface area contributed by atoms with Crippen LogP contribution in [0, 0.1) is 0 Å². The summed E-state index contributed by atoms with van der Waals surface area (Å²) in [5.41, 5.74) is 28.6. The van der Waals surface area contributed by atoms with Gasteiger partial charge in [-0.1, -0.05) is 218 Å². The predicted molar refractivity (Wildman–Crippen MR) is 305 cm³/mol. The molecule has 1 aliphatic rings. The van der Waals surface area contributed by atoms with E-state index in [1.165, 1.54) is 134 Å². The minimum absolute atomic E-state index is 1.19. The fourth-order valence-electron chi connectivity index (χ4n) is 10.5. The summed E-state index contributed by atoms with van der Waals surface area (Å²) >= 11 is 0. The van der Waals surface area contributed by atoms with E-state index in [1.807, 2.05) is 0 Å². The molecule has 0 heterocycles. The van der Waals surface area contributed by atoms with Crippen LogP contribution in [-0.2, 0) is 0 Å². The molecule has 1 aliphatic carbocycles. The third-order valence-electron chi connectivity index (χ3n) is 14.4. The average molecular weight is 913 g/mol. The topological polar surface area (TPSA) is 0 Å². The van der Waals surface area contributed by atoms with Crippen LogP contribution in [0.15, 0.2) is 291 Å². The van der Waals surface area contributed by atoms with Crippen LogP contribution in [0.1, 0.15) is 0 Å². The van der Waals surface area contributed by atoms with Crippen molar-refractivity contribution in [3.05, 3.63) is 291 Å². The van der Waals surface area contributed by atoms with Crippen LogP contribution in [0.4, 0.5) is 0 Å². The largest absolute Gasteiger partial charge is 0.0610 e. The molecule has 0 aliphatic heterocycles. The van der Waals surface area contributed by atoms with E-state index in [9.17, 15) is 0 Å². The first kappa shape index (κ1) is 42.7. The third-order valence-corrected chi connectivity index (χ3v) is 14.4. The van der Waals surface area contributed by atoms with Gasteiger partial charge in [-0.25, -0.2) is 0 Å². The van der Waals surface area contributed by atoms with Gasteiger partial charge in [-0.2, -0.15) is 0 Å². The molecule has 336 valence electrons. The van der Waals surface area contributed by atoms with Gasteiger partial charge in [0.15, 0.2) is 0 Å². The summed E-state index contributed by atoms with van der Waals surface area (Å²) in [6.07, 6.45) is 0. The van der Waals surface area contributed by atoms with E-state index in [0.29, 0.717) is 0 Å². The van der Waals surface area contributed by atoms with Gasteiger partial charge in [0.2, 0.25) is 0 Å². The highest BCUT2D eigenvalue weighted by molar-refractivity contribution is 5.86. The van der Waals surface area contributed by atoms with Crippen LogP contribution < -0.4 is 0 Å². The van der Waals surface area contributed by atoms with Crippen molar-refractivity contribution in [2.45, 2.75) is 0 Å². The molecular formula is C72H48. The molecule has 0 atom stereocenters. The molecule has 0 saturated carbocycles. The van der Waals surface area contributed by atoms with Crippen LogP contribution >= 0.6 is 0 Å². The fraction of sp³-hybridized carbons (Fsp3) is 0. The molecule has 12 aromatic carbocycles. The molecule has 0 nitrogen and oxygen atoms in total. The summed E-state index contributed by atoms with van der Waals surface area (Å²) in [5.74, 6) is 0. The van der Waals surface area contributed by atoms with Crippen molar-refractivity contribution < 1.29 is 0 Å². The smallest absolute Gasteiger partial charge is 0.0178 e. The second kappa shape index (κ2) is 18.5. The van der Waals surface area contributed by atoms with E-state index in [2.05, 4.69) is 291 Å². The lowest BCUT2D eigenvalue weighted by Crippen LogP contribution is -1.87. The SMILES string of the molecule is c1cc2cc(c1)-c1cccc(c1)-c1cccc(c1)-c1cccc(c1)-c1cccc(c1)-c1cccc(c1)-c1cccc(c1)-c1cccc(c1)-c1cccc(c1)-c1cccc(c1)-c1cccc(c1)-c1cccc-2c1. The summed E-state index contributed by atoms with van der Waals surface area (Å²) in [6, 6.07) is 107. The Hall–Kier alpha value is -9.36. The Morgan fingerprint density at radius 2 is 0.139 bits per heavy atom. The molecule has 0 radical (unpaired) electrons. The minimum atomic E-state index is 1.19. The lowest BCUT2D eigenvalue weighted by Gasteiger charge is -2.12. The van der Waals surface area contributed by atoms with Crippen molar-refractivity contribution in [3.8, 4) is 134 Å². The van der Waals surface area contributed by atoms with Gasteiger partial charge >= 0.3 is 0 Å². The normalized spacial score (nSPS) is 11.3. The highest BCUT2D eigenvalue weighted by Crippen LogP contribution is 2.38. The highest BCUT2D eigenvalue weighted by atomic mass is 14.2. The summed E-state index contributed by atoms with van der Waals surface area (Å²) in [7, 11) is 0. The first-order chi connectivity index (χ1) is 35.6. The van der Waals surface area contributed by atoms with Gasteiger partial charge in [0.25, 0.3) is 0 Å². The first-order valence-electron chi connectivity index (χ1n) is 24.9. The van der Waals surface area contributed by atoms with E-state index in [1.54, 1.807) is 0 Å². The Morgan fingerprint density at radius 1 is 0.0833 bits per heavy atom. The fourth-order valence-corrected chi connectivity index (χ4v) is 10.5. The van der Waals surface area contributed by atoms with Crippen molar-refractivity contribution >= 4 is 0 Å². The summed E-state index contributed by atoms with van der Waals surface area (Å²) in [6.45, 7) is 0. The van der Waals surface area contributed by atoms with Crippen molar-refractivity contribution in [3.63, 3.8) is 0 Å².